The van der Waals surface area contributed by atoms with E-state index in [2.05, 4.69) is 0 Å². The molecule has 0 saturated carbocycles. The van der Waals surface area contributed by atoms with Crippen LogP contribution in [0.25, 0.3) is 0 Å². The summed E-state index contributed by atoms with van der Waals surface area (Å²) in [5.74, 6) is 1.09. The smallest absolute Gasteiger partial charge is 0.260 e. The van der Waals surface area contributed by atoms with Crippen LogP contribution in [0.2, 0.25) is 0 Å². The Morgan fingerprint density at radius 3 is 2.33 bits per heavy atom. The van der Waals surface area contributed by atoms with Gasteiger partial charge in [-0.25, -0.2) is 4.39 Å². The summed E-state index contributed by atoms with van der Waals surface area (Å²) >= 11 is 0. The normalized spacial score (nSPS) is 14.0. The van der Waals surface area contributed by atoms with E-state index in [0.29, 0.717) is 49.1 Å². The topological polar surface area (TPSA) is 51.2 Å². The van der Waals surface area contributed by atoms with Crippen LogP contribution >= 0.6 is 0 Å². The van der Waals surface area contributed by atoms with Gasteiger partial charge < -0.3 is 24.0 Å². The summed E-state index contributed by atoms with van der Waals surface area (Å²) in [5, 5.41) is 0. The Kier molecular flexibility index (Phi) is 6.01. The Bertz CT molecular complexity index is 791. The van der Waals surface area contributed by atoms with Gasteiger partial charge in [0.1, 0.15) is 5.82 Å². The zero-order valence-electron chi connectivity index (χ0n) is 15.5. The van der Waals surface area contributed by atoms with Crippen LogP contribution in [0.1, 0.15) is 0 Å². The fourth-order valence-corrected chi connectivity index (χ4v) is 3.11. The Morgan fingerprint density at radius 2 is 1.67 bits per heavy atom. The van der Waals surface area contributed by atoms with E-state index < -0.39 is 0 Å². The lowest BCUT2D eigenvalue weighted by Crippen LogP contribution is -2.50. The second kappa shape index (κ2) is 8.62. The largest absolute Gasteiger partial charge is 0.493 e. The maximum absolute atomic E-state index is 13.9. The lowest BCUT2D eigenvalue weighted by atomic mass is 10.2. The number of nitrogens with zero attached hydrogens (tertiary/aromatic N) is 2. The van der Waals surface area contributed by atoms with Crippen molar-refractivity contribution in [2.75, 3.05) is 51.9 Å². The number of ether oxygens (including phenoxy) is 3. The van der Waals surface area contributed by atoms with E-state index in [0.717, 1.165) is 0 Å². The van der Waals surface area contributed by atoms with Crippen molar-refractivity contribution in [1.29, 1.82) is 0 Å². The first-order chi connectivity index (χ1) is 13.1. The molecule has 1 fully saturated rings. The molecule has 1 saturated heterocycles. The number of benzene rings is 2. The van der Waals surface area contributed by atoms with Crippen LogP contribution in [0.5, 0.6) is 17.2 Å². The molecule has 0 aliphatic carbocycles. The van der Waals surface area contributed by atoms with Crippen molar-refractivity contribution in [3.8, 4) is 17.2 Å². The molecule has 1 aliphatic rings. The molecule has 0 aromatic heterocycles. The van der Waals surface area contributed by atoms with E-state index in [1.165, 1.54) is 13.2 Å². The summed E-state index contributed by atoms with van der Waals surface area (Å²) in [6, 6.07) is 11.9. The predicted octanol–water partition coefficient (Wildman–Crippen LogP) is 2.57. The fourth-order valence-electron chi connectivity index (χ4n) is 3.11. The minimum atomic E-state index is -0.245. The van der Waals surface area contributed by atoms with Gasteiger partial charge in [0.25, 0.3) is 5.91 Å². The average molecular weight is 374 g/mol. The molecule has 0 N–H and O–H groups in total. The Labute approximate surface area is 158 Å². The Morgan fingerprint density at radius 1 is 0.963 bits per heavy atom. The number of halogens is 1. The van der Waals surface area contributed by atoms with Crippen LogP contribution in [-0.4, -0.2) is 57.8 Å². The van der Waals surface area contributed by atoms with Crippen LogP contribution in [-0.2, 0) is 4.79 Å². The lowest BCUT2D eigenvalue weighted by Gasteiger charge is -2.36. The SMILES string of the molecule is COc1cccc(OCC(=O)N2CCN(c3ccccc3F)CC2)c1OC. The van der Waals surface area contributed by atoms with Gasteiger partial charge in [-0.05, 0) is 24.3 Å². The summed E-state index contributed by atoms with van der Waals surface area (Å²) in [7, 11) is 3.07. The summed E-state index contributed by atoms with van der Waals surface area (Å²) in [6.45, 7) is 2.10. The monoisotopic (exact) mass is 374 g/mol. The molecule has 0 atom stereocenters. The third-order valence-electron chi connectivity index (χ3n) is 4.54. The molecular formula is C20H23FN2O4. The van der Waals surface area contributed by atoms with Crippen LogP contribution in [0, 0.1) is 5.82 Å². The van der Waals surface area contributed by atoms with Gasteiger partial charge in [-0.15, -0.1) is 0 Å². The lowest BCUT2D eigenvalue weighted by molar-refractivity contribution is -0.133. The van der Waals surface area contributed by atoms with Gasteiger partial charge in [0.2, 0.25) is 5.75 Å². The summed E-state index contributed by atoms with van der Waals surface area (Å²) in [6.07, 6.45) is 0. The number of carbonyl (C=O) groups excluding carboxylic acids is 1. The van der Waals surface area contributed by atoms with Crippen molar-refractivity contribution in [2.24, 2.45) is 0 Å². The van der Waals surface area contributed by atoms with Crippen molar-refractivity contribution >= 4 is 11.6 Å². The number of hydrogen-bond donors (Lipinski definition) is 0. The number of amides is 1. The molecule has 144 valence electrons. The number of para-hydroxylation sites is 2. The fraction of sp³-hybridized carbons (Fsp3) is 0.350. The summed E-state index contributed by atoms with van der Waals surface area (Å²) in [4.78, 5) is 16.1. The standard InChI is InChI=1S/C20H23FN2O4/c1-25-17-8-5-9-18(20(17)26-2)27-14-19(24)23-12-10-22(11-13-23)16-7-4-3-6-15(16)21/h3-9H,10-14H2,1-2H3. The number of carbonyl (C=O) groups is 1. The van der Waals surface area contributed by atoms with Gasteiger partial charge in [-0.2, -0.15) is 0 Å². The molecule has 0 radical (unpaired) electrons. The van der Waals surface area contributed by atoms with E-state index in [1.54, 1.807) is 42.3 Å². The van der Waals surface area contributed by atoms with E-state index in [4.69, 9.17) is 14.2 Å². The van der Waals surface area contributed by atoms with E-state index >= 15 is 0 Å². The molecule has 1 heterocycles. The molecule has 0 unspecified atom stereocenters. The number of rotatable bonds is 6. The second-order valence-corrected chi connectivity index (χ2v) is 6.10. The molecule has 2 aromatic rings. The molecule has 0 spiro atoms. The van der Waals surface area contributed by atoms with Crippen LogP contribution in [0.15, 0.2) is 42.5 Å². The van der Waals surface area contributed by atoms with E-state index in [1.807, 2.05) is 11.0 Å². The van der Waals surface area contributed by atoms with Crippen molar-refractivity contribution < 1.29 is 23.4 Å². The molecule has 0 bridgehead atoms. The summed E-state index contributed by atoms with van der Waals surface area (Å²) in [5.41, 5.74) is 0.571. The predicted molar refractivity (Wildman–Crippen MR) is 100 cm³/mol. The highest BCUT2D eigenvalue weighted by atomic mass is 19.1. The number of piperazine rings is 1. The third-order valence-corrected chi connectivity index (χ3v) is 4.54. The van der Waals surface area contributed by atoms with Crippen molar-refractivity contribution in [3.05, 3.63) is 48.3 Å². The zero-order valence-corrected chi connectivity index (χ0v) is 15.5. The van der Waals surface area contributed by atoms with E-state index in [-0.39, 0.29) is 18.3 Å². The van der Waals surface area contributed by atoms with Gasteiger partial charge >= 0.3 is 0 Å². The highest BCUT2D eigenvalue weighted by Crippen LogP contribution is 2.36. The first kappa shape index (κ1) is 18.8. The Hall–Kier alpha value is -2.96. The minimum Gasteiger partial charge on any atom is -0.493 e. The number of hydrogen-bond acceptors (Lipinski definition) is 5. The summed E-state index contributed by atoms with van der Waals surface area (Å²) < 4.78 is 30.1. The zero-order chi connectivity index (χ0) is 19.2. The number of anilines is 1. The molecular weight excluding hydrogens is 351 g/mol. The molecule has 6 nitrogen and oxygen atoms in total. The molecule has 3 rings (SSSR count). The average Bonchev–Trinajstić information content (AvgIpc) is 2.72. The minimum absolute atomic E-state index is 0.0940. The van der Waals surface area contributed by atoms with Gasteiger partial charge in [-0.1, -0.05) is 18.2 Å². The van der Waals surface area contributed by atoms with Gasteiger partial charge in [0.15, 0.2) is 18.1 Å². The quantitative estimate of drug-likeness (QED) is 0.778. The highest BCUT2D eigenvalue weighted by Gasteiger charge is 2.23. The first-order valence-electron chi connectivity index (χ1n) is 8.75. The maximum atomic E-state index is 13.9. The van der Waals surface area contributed by atoms with Crippen LogP contribution < -0.4 is 19.1 Å². The molecule has 1 amide bonds. The molecule has 2 aromatic carbocycles. The van der Waals surface area contributed by atoms with Crippen LogP contribution in [0.3, 0.4) is 0 Å². The van der Waals surface area contributed by atoms with E-state index in [9.17, 15) is 9.18 Å². The highest BCUT2D eigenvalue weighted by molar-refractivity contribution is 5.78. The van der Waals surface area contributed by atoms with Crippen molar-refractivity contribution in [2.45, 2.75) is 0 Å². The number of methoxy groups -OCH3 is 2. The Balaban J connectivity index is 1.55. The van der Waals surface area contributed by atoms with Gasteiger partial charge in [0, 0.05) is 26.2 Å². The van der Waals surface area contributed by atoms with Crippen LogP contribution in [0.4, 0.5) is 10.1 Å². The maximum Gasteiger partial charge on any atom is 0.260 e. The van der Waals surface area contributed by atoms with Crippen molar-refractivity contribution in [3.63, 3.8) is 0 Å². The first-order valence-corrected chi connectivity index (χ1v) is 8.75. The van der Waals surface area contributed by atoms with Crippen molar-refractivity contribution in [1.82, 2.24) is 4.90 Å². The van der Waals surface area contributed by atoms with Gasteiger partial charge in [0.05, 0.1) is 19.9 Å². The third kappa shape index (κ3) is 4.24. The molecule has 7 heteroatoms. The molecule has 1 aliphatic heterocycles. The molecule has 27 heavy (non-hydrogen) atoms. The second-order valence-electron chi connectivity index (χ2n) is 6.10. The van der Waals surface area contributed by atoms with Gasteiger partial charge in [-0.3, -0.25) is 4.79 Å².